The number of amides is 2. The molecule has 0 radical (unpaired) electrons. The molecule has 4 aliphatic carbocycles. The third-order valence-corrected chi connectivity index (χ3v) is 11.1. The number of imidazole rings is 1. The first-order valence-corrected chi connectivity index (χ1v) is 17.8. The summed E-state index contributed by atoms with van der Waals surface area (Å²) in [6, 6.07) is 1.05. The third-order valence-electron chi connectivity index (χ3n) is 11.1. The number of rotatable bonds is 15. The van der Waals surface area contributed by atoms with Gasteiger partial charge in [-0.15, -0.1) is 0 Å². The smallest absolute Gasteiger partial charge is 0.249 e. The van der Waals surface area contributed by atoms with Gasteiger partial charge in [-0.05, 0) is 125 Å². The maximum Gasteiger partial charge on any atom is 0.249 e. The fourth-order valence-electron chi connectivity index (χ4n) is 9.35. The van der Waals surface area contributed by atoms with Crippen LogP contribution in [0.4, 0.5) is 0 Å². The molecule has 1 aromatic carbocycles. The minimum Gasteiger partial charge on any atom is -0.508 e. The van der Waals surface area contributed by atoms with Crippen LogP contribution in [0.1, 0.15) is 85.1 Å². The van der Waals surface area contributed by atoms with E-state index in [2.05, 4.69) is 31.1 Å². The number of H-pyrrole nitrogens is 1. The Bertz CT molecular complexity index is 1610. The number of guanidine groups is 1. The van der Waals surface area contributed by atoms with Gasteiger partial charge in [-0.3, -0.25) is 19.9 Å². The van der Waals surface area contributed by atoms with E-state index < -0.39 is 24.0 Å². The molecule has 50 heavy (non-hydrogen) atoms. The topological polar surface area (TPSA) is 211 Å². The number of aromatic hydroxyl groups is 1. The van der Waals surface area contributed by atoms with E-state index in [1.54, 1.807) is 43.7 Å². The summed E-state index contributed by atoms with van der Waals surface area (Å²) in [6.45, 7) is 4.06. The van der Waals surface area contributed by atoms with Gasteiger partial charge in [-0.2, -0.15) is 4.98 Å². The standard InChI is InChI=1S/C36H52N10O4/c1-20-7-26(47)8-21(2)27(20)13-28(42-33(49)30(46(3)4)5-6-40-35(37)38)32(48)43-29(12-25-18-39-19-41-25)34-44-31(45-50-34)17-36-14-22-9-23(15-36)11-24(10-22)16-36/h7-8,18-19,22-24,28-30,47H,5-6,9-17H2,1-4H3,(H,39,41)(H,42,49)(H,43,48)(H4,37,38,40)/t22?,23?,24?,28?,29-,30?,36?/m0/s1. The van der Waals surface area contributed by atoms with E-state index in [1.165, 1.54) is 38.5 Å². The summed E-state index contributed by atoms with van der Waals surface area (Å²) in [7, 11) is 3.58. The number of carbonyl (C=O) groups excluding carboxylic acids is 2. The Morgan fingerprint density at radius 3 is 2.32 bits per heavy atom. The molecule has 3 aromatic rings. The largest absolute Gasteiger partial charge is 0.508 e. The highest BCUT2D eigenvalue weighted by molar-refractivity contribution is 5.90. The fourth-order valence-corrected chi connectivity index (χ4v) is 9.35. The monoisotopic (exact) mass is 688 g/mol. The lowest BCUT2D eigenvalue weighted by Gasteiger charge is -2.56. The van der Waals surface area contributed by atoms with Crippen LogP contribution in [0, 0.1) is 42.4 Å². The van der Waals surface area contributed by atoms with Crippen LogP contribution in [0.25, 0.3) is 0 Å². The second-order valence-corrected chi connectivity index (χ2v) is 15.4. The number of nitrogens with zero attached hydrogens (tertiary/aromatic N) is 4. The zero-order valence-electron chi connectivity index (χ0n) is 29.6. The molecule has 0 aliphatic heterocycles. The summed E-state index contributed by atoms with van der Waals surface area (Å²) >= 11 is 0. The molecule has 2 heterocycles. The Labute approximate surface area is 293 Å². The van der Waals surface area contributed by atoms with E-state index in [0.717, 1.165) is 40.9 Å². The molecule has 14 heteroatoms. The minimum atomic E-state index is -0.969. The molecule has 0 saturated heterocycles. The van der Waals surface area contributed by atoms with Crippen LogP contribution < -0.4 is 21.7 Å². The predicted octanol–water partition coefficient (Wildman–Crippen LogP) is 2.80. The number of phenolic OH excluding ortho intramolecular Hbond substituents is 1. The van der Waals surface area contributed by atoms with E-state index >= 15 is 0 Å². The summed E-state index contributed by atoms with van der Waals surface area (Å²) in [5.41, 5.74) is 8.87. The molecule has 3 atom stereocenters. The highest BCUT2D eigenvalue weighted by Gasteiger charge is 2.51. The number of carbonyl (C=O) groups is 2. The number of aryl methyl sites for hydroxylation is 2. The van der Waals surface area contributed by atoms with Crippen molar-refractivity contribution < 1.29 is 19.2 Å². The number of phenols is 1. The molecular weight excluding hydrogens is 636 g/mol. The van der Waals surface area contributed by atoms with E-state index in [0.29, 0.717) is 36.8 Å². The van der Waals surface area contributed by atoms with Crippen LogP contribution >= 0.6 is 0 Å². The van der Waals surface area contributed by atoms with Crippen molar-refractivity contribution in [2.24, 2.45) is 28.9 Å². The molecule has 0 spiro atoms. The Morgan fingerprint density at radius 2 is 1.74 bits per heavy atom. The molecule has 4 bridgehead atoms. The van der Waals surface area contributed by atoms with E-state index in [1.807, 2.05) is 13.8 Å². The second-order valence-electron chi connectivity index (χ2n) is 15.4. The molecule has 270 valence electrons. The molecule has 14 nitrogen and oxygen atoms in total. The first-order valence-electron chi connectivity index (χ1n) is 17.8. The highest BCUT2D eigenvalue weighted by Crippen LogP contribution is 2.60. The molecule has 8 N–H and O–H groups in total. The quantitative estimate of drug-likeness (QED) is 0.0917. The number of hydrogen-bond donors (Lipinski definition) is 7. The maximum absolute atomic E-state index is 14.3. The van der Waals surface area contributed by atoms with Crippen LogP contribution in [-0.2, 0) is 28.9 Å². The van der Waals surface area contributed by atoms with Crippen LogP contribution in [0.15, 0.2) is 29.2 Å². The van der Waals surface area contributed by atoms with Gasteiger partial charge in [-0.1, -0.05) is 5.16 Å². The molecule has 2 unspecified atom stereocenters. The summed E-state index contributed by atoms with van der Waals surface area (Å²) in [5, 5.41) is 31.0. The highest BCUT2D eigenvalue weighted by atomic mass is 16.5. The van der Waals surface area contributed by atoms with E-state index in [-0.39, 0.29) is 29.5 Å². The Morgan fingerprint density at radius 1 is 1.08 bits per heavy atom. The first-order chi connectivity index (χ1) is 23.9. The first kappa shape index (κ1) is 35.4. The Kier molecular flexibility index (Phi) is 10.5. The maximum atomic E-state index is 14.3. The lowest BCUT2D eigenvalue weighted by Crippen LogP contribution is -2.54. The summed E-state index contributed by atoms with van der Waals surface area (Å²) in [5.74, 6) is 2.63. The molecule has 4 aliphatic rings. The molecular formula is C36H52N10O4. The summed E-state index contributed by atoms with van der Waals surface area (Å²) < 4.78 is 5.88. The summed E-state index contributed by atoms with van der Waals surface area (Å²) in [6.07, 6.45) is 12.8. The second kappa shape index (κ2) is 14.8. The number of benzene rings is 1. The van der Waals surface area contributed by atoms with Gasteiger partial charge in [0.15, 0.2) is 11.8 Å². The molecule has 4 saturated carbocycles. The van der Waals surface area contributed by atoms with Gasteiger partial charge in [0.05, 0.1) is 18.1 Å². The Balaban J connectivity index is 1.24. The van der Waals surface area contributed by atoms with Crippen molar-refractivity contribution in [2.75, 3.05) is 20.6 Å². The van der Waals surface area contributed by atoms with Gasteiger partial charge < -0.3 is 36.3 Å². The van der Waals surface area contributed by atoms with Gasteiger partial charge in [0, 0.05) is 32.0 Å². The molecule has 2 amide bonds. The van der Waals surface area contributed by atoms with Crippen molar-refractivity contribution in [1.29, 1.82) is 5.41 Å². The van der Waals surface area contributed by atoms with E-state index in [4.69, 9.17) is 20.7 Å². The van der Waals surface area contributed by atoms with Crippen molar-refractivity contribution in [1.82, 2.24) is 41.0 Å². The zero-order chi connectivity index (χ0) is 35.6. The van der Waals surface area contributed by atoms with Crippen molar-refractivity contribution in [2.45, 2.75) is 96.2 Å². The molecule has 7 rings (SSSR count). The van der Waals surface area contributed by atoms with Crippen LogP contribution in [0.5, 0.6) is 5.75 Å². The molecule has 4 fully saturated rings. The molecule has 2 aromatic heterocycles. The summed E-state index contributed by atoms with van der Waals surface area (Å²) in [4.78, 5) is 42.1. The number of aromatic amines is 1. The average Bonchev–Trinajstić information content (AvgIpc) is 3.71. The normalized spacial score (nSPS) is 24.1. The number of aromatic nitrogens is 4. The van der Waals surface area contributed by atoms with Gasteiger partial charge in [0.1, 0.15) is 17.8 Å². The zero-order valence-corrected chi connectivity index (χ0v) is 29.6. The fraction of sp³-hybridized carbons (Fsp3) is 0.611. The number of nitrogens with two attached hydrogens (primary N) is 1. The number of nitrogens with one attached hydrogen (secondary N) is 5. The lowest BCUT2D eigenvalue weighted by molar-refractivity contribution is -0.132. The van der Waals surface area contributed by atoms with Crippen LogP contribution in [0.3, 0.4) is 0 Å². The lowest BCUT2D eigenvalue weighted by atomic mass is 9.49. The van der Waals surface area contributed by atoms with Gasteiger partial charge >= 0.3 is 0 Å². The average molecular weight is 689 g/mol. The predicted molar refractivity (Wildman–Crippen MR) is 187 cm³/mol. The van der Waals surface area contributed by atoms with Crippen molar-refractivity contribution in [3.8, 4) is 5.75 Å². The van der Waals surface area contributed by atoms with Crippen molar-refractivity contribution >= 4 is 17.8 Å². The van der Waals surface area contributed by atoms with Crippen LogP contribution in [-0.4, -0.2) is 80.6 Å². The minimum absolute atomic E-state index is 0.138. The number of likely N-dealkylation sites (N-methyl/N-ethyl adjacent to an activating group) is 1. The van der Waals surface area contributed by atoms with Gasteiger partial charge in [0.25, 0.3) is 0 Å². The third kappa shape index (κ3) is 8.28. The van der Waals surface area contributed by atoms with Crippen LogP contribution in [0.2, 0.25) is 0 Å². The van der Waals surface area contributed by atoms with E-state index in [9.17, 15) is 14.7 Å². The van der Waals surface area contributed by atoms with Gasteiger partial charge in [-0.25, -0.2) is 4.98 Å². The SMILES string of the molecule is Cc1cc(O)cc(C)c1CC(NC(=O)C(CCNC(=N)N)N(C)C)C(=O)N[C@@H](Cc1c[nH]cn1)c1nc(CC23CC4CC(CC(C4)C2)C3)no1. The van der Waals surface area contributed by atoms with Crippen molar-refractivity contribution in [3.63, 3.8) is 0 Å². The Hall–Kier alpha value is -4.46. The van der Waals surface area contributed by atoms with Crippen molar-refractivity contribution in [3.05, 3.63) is 58.8 Å². The van der Waals surface area contributed by atoms with Gasteiger partial charge in [0.2, 0.25) is 17.7 Å². The number of hydrogen-bond acceptors (Lipinski definition) is 9.